The van der Waals surface area contributed by atoms with E-state index in [1.165, 1.54) is 17.9 Å². The van der Waals surface area contributed by atoms with Gasteiger partial charge in [0.05, 0.1) is 11.4 Å². The molecule has 2 aromatic carbocycles. The van der Waals surface area contributed by atoms with Gasteiger partial charge < -0.3 is 10.2 Å². The van der Waals surface area contributed by atoms with Gasteiger partial charge in [-0.2, -0.15) is 0 Å². The average molecular weight is 389 g/mol. The Kier molecular flexibility index (Phi) is 6.95. The maximum absolute atomic E-state index is 12.2. The zero-order valence-electron chi connectivity index (χ0n) is 15.3. The number of nitrogens with one attached hydrogen (secondary N) is 2. The van der Waals surface area contributed by atoms with Crippen molar-refractivity contribution < 1.29 is 18.0 Å². The van der Waals surface area contributed by atoms with Gasteiger partial charge in [-0.25, -0.2) is 8.42 Å². The third-order valence-corrected chi connectivity index (χ3v) is 5.02. The lowest BCUT2D eigenvalue weighted by molar-refractivity contribution is -0.130. The first kappa shape index (κ1) is 20.4. The largest absolute Gasteiger partial charge is 0.341 e. The lowest BCUT2D eigenvalue weighted by Gasteiger charge is -2.17. The fourth-order valence-electron chi connectivity index (χ4n) is 2.45. The second-order valence-corrected chi connectivity index (χ2v) is 8.01. The summed E-state index contributed by atoms with van der Waals surface area (Å²) in [5.41, 5.74) is 1.79. The second-order valence-electron chi connectivity index (χ2n) is 6.17. The van der Waals surface area contributed by atoms with Crippen LogP contribution < -0.4 is 10.0 Å². The third-order valence-electron chi connectivity index (χ3n) is 3.73. The number of rotatable bonds is 8. The topological polar surface area (TPSA) is 95.6 Å². The lowest BCUT2D eigenvalue weighted by atomic mass is 10.2. The Morgan fingerprint density at radius 2 is 1.67 bits per heavy atom. The van der Waals surface area contributed by atoms with Crippen molar-refractivity contribution in [2.24, 2.45) is 0 Å². The van der Waals surface area contributed by atoms with Crippen molar-refractivity contribution in [1.82, 2.24) is 4.90 Å². The van der Waals surface area contributed by atoms with Crippen molar-refractivity contribution in [2.75, 3.05) is 22.8 Å². The number of hydrogen-bond acceptors (Lipinski definition) is 4. The first-order valence-corrected chi connectivity index (χ1v) is 10.1. The molecule has 0 saturated carbocycles. The minimum Gasteiger partial charge on any atom is -0.341 e. The summed E-state index contributed by atoms with van der Waals surface area (Å²) in [5, 5.41) is 2.58. The van der Waals surface area contributed by atoms with E-state index in [1.54, 1.807) is 25.2 Å². The van der Waals surface area contributed by atoms with Crippen LogP contribution in [-0.4, -0.2) is 37.9 Å². The van der Waals surface area contributed by atoms with Crippen molar-refractivity contribution in [3.63, 3.8) is 0 Å². The van der Waals surface area contributed by atoms with Gasteiger partial charge in [0.25, 0.3) is 0 Å². The van der Waals surface area contributed by atoms with E-state index < -0.39 is 10.0 Å². The molecule has 0 unspecified atom stereocenters. The van der Waals surface area contributed by atoms with E-state index in [1.807, 2.05) is 30.3 Å². The highest BCUT2D eigenvalue weighted by molar-refractivity contribution is 7.92. The quantitative estimate of drug-likeness (QED) is 0.725. The molecule has 2 amide bonds. The molecule has 0 spiro atoms. The van der Waals surface area contributed by atoms with Gasteiger partial charge in [-0.3, -0.25) is 14.3 Å². The predicted octanol–water partition coefficient (Wildman–Crippen LogP) is 2.44. The minimum atomic E-state index is -3.69. The van der Waals surface area contributed by atoms with E-state index in [0.29, 0.717) is 17.9 Å². The van der Waals surface area contributed by atoms with Gasteiger partial charge in [0.1, 0.15) is 0 Å². The van der Waals surface area contributed by atoms with E-state index in [9.17, 15) is 18.0 Å². The molecule has 0 atom stereocenters. The van der Waals surface area contributed by atoms with Crippen molar-refractivity contribution in [3.05, 3.63) is 60.2 Å². The molecular weight excluding hydrogens is 366 g/mol. The second kappa shape index (κ2) is 9.18. The maximum Gasteiger partial charge on any atom is 0.233 e. The highest BCUT2D eigenvalue weighted by atomic mass is 32.2. The number of amides is 2. The van der Waals surface area contributed by atoms with Crippen molar-refractivity contribution in [1.29, 1.82) is 0 Å². The molecule has 0 bridgehead atoms. The number of carbonyl (C=O) groups excluding carboxylic acids is 2. The Bertz CT molecular complexity index is 898. The van der Waals surface area contributed by atoms with Crippen LogP contribution in [-0.2, 0) is 26.2 Å². The summed E-state index contributed by atoms with van der Waals surface area (Å²) in [6.45, 7) is 1.79. The Morgan fingerprint density at radius 1 is 1.00 bits per heavy atom. The Balaban J connectivity index is 1.90. The molecule has 0 heterocycles. The fourth-order valence-corrected chi connectivity index (χ4v) is 3.48. The molecule has 2 aromatic rings. The third kappa shape index (κ3) is 7.10. The highest BCUT2D eigenvalue weighted by Gasteiger charge is 2.16. The summed E-state index contributed by atoms with van der Waals surface area (Å²) in [4.78, 5) is 24.8. The number of anilines is 2. The molecule has 2 rings (SSSR count). The maximum atomic E-state index is 12.2. The average Bonchev–Trinajstić information content (AvgIpc) is 2.60. The van der Waals surface area contributed by atoms with Crippen LogP contribution in [0.1, 0.15) is 18.9 Å². The lowest BCUT2D eigenvalue weighted by Crippen LogP contribution is -2.29. The number of nitrogens with zero attached hydrogens (tertiary/aromatic N) is 1. The first-order chi connectivity index (χ1) is 12.7. The molecule has 2 N–H and O–H groups in total. The highest BCUT2D eigenvalue weighted by Crippen LogP contribution is 2.17. The molecular formula is C19H23N3O4S. The Hall–Kier alpha value is -2.87. The molecule has 0 radical (unpaired) electrons. The van der Waals surface area contributed by atoms with Gasteiger partial charge >= 0.3 is 0 Å². The van der Waals surface area contributed by atoms with Crippen LogP contribution in [0.5, 0.6) is 0 Å². The number of carbonyl (C=O) groups is 2. The van der Waals surface area contributed by atoms with Crippen LogP contribution in [0.4, 0.5) is 11.4 Å². The molecule has 144 valence electrons. The van der Waals surface area contributed by atoms with Gasteiger partial charge in [0, 0.05) is 32.6 Å². The van der Waals surface area contributed by atoms with E-state index in [0.717, 1.165) is 5.56 Å². The summed E-state index contributed by atoms with van der Waals surface area (Å²) in [5.74, 6) is -0.826. The van der Waals surface area contributed by atoms with Crippen LogP contribution in [0.3, 0.4) is 0 Å². The molecule has 0 aliphatic carbocycles. The van der Waals surface area contributed by atoms with Gasteiger partial charge in [0.15, 0.2) is 0 Å². The van der Waals surface area contributed by atoms with E-state index in [4.69, 9.17) is 0 Å². The zero-order chi connectivity index (χ0) is 19.9. The molecule has 0 aliphatic rings. The molecule has 7 nitrogen and oxygen atoms in total. The van der Waals surface area contributed by atoms with Crippen LogP contribution in [0.25, 0.3) is 0 Å². The summed E-state index contributed by atoms with van der Waals surface area (Å²) in [6.07, 6.45) is -0.121. The van der Waals surface area contributed by atoms with E-state index in [2.05, 4.69) is 10.0 Å². The summed E-state index contributed by atoms with van der Waals surface area (Å²) in [7, 11) is -2.05. The van der Waals surface area contributed by atoms with Crippen LogP contribution >= 0.6 is 0 Å². The van der Waals surface area contributed by atoms with E-state index >= 15 is 0 Å². The number of hydrogen-bond donors (Lipinski definition) is 2. The van der Waals surface area contributed by atoms with E-state index in [-0.39, 0.29) is 24.0 Å². The molecule has 0 fully saturated rings. The van der Waals surface area contributed by atoms with Crippen molar-refractivity contribution in [3.8, 4) is 0 Å². The zero-order valence-corrected chi connectivity index (χ0v) is 16.1. The van der Waals surface area contributed by atoms with Crippen molar-refractivity contribution in [2.45, 2.75) is 19.9 Å². The predicted molar refractivity (Wildman–Crippen MR) is 106 cm³/mol. The van der Waals surface area contributed by atoms with Gasteiger partial charge in [-0.15, -0.1) is 0 Å². The summed E-state index contributed by atoms with van der Waals surface area (Å²) >= 11 is 0. The number of sulfonamides is 1. The van der Waals surface area contributed by atoms with Gasteiger partial charge in [0.2, 0.25) is 21.8 Å². The molecule has 27 heavy (non-hydrogen) atoms. The minimum absolute atomic E-state index is 0.121. The Labute approximate surface area is 159 Å². The monoisotopic (exact) mass is 389 g/mol. The Morgan fingerprint density at radius 3 is 2.33 bits per heavy atom. The normalized spacial score (nSPS) is 10.9. The standard InChI is InChI=1S/C19H23N3O4S/c1-15(23)20-17-9-6-10-18(13-17)21-27(25,26)12-11-19(24)22(2)14-16-7-4-3-5-8-16/h3-10,13,21H,11-12,14H2,1-2H3,(H,20,23). The molecule has 8 heteroatoms. The molecule has 0 aromatic heterocycles. The SMILES string of the molecule is CC(=O)Nc1cccc(NS(=O)(=O)CCC(=O)N(C)Cc2ccccc2)c1. The smallest absolute Gasteiger partial charge is 0.233 e. The first-order valence-electron chi connectivity index (χ1n) is 8.41. The summed E-state index contributed by atoms with van der Waals surface area (Å²) in [6, 6.07) is 15.9. The van der Waals surface area contributed by atoms with Crippen LogP contribution in [0, 0.1) is 0 Å². The fraction of sp³-hybridized carbons (Fsp3) is 0.263. The van der Waals surface area contributed by atoms with Crippen LogP contribution in [0.2, 0.25) is 0 Å². The van der Waals surface area contributed by atoms with Gasteiger partial charge in [-0.05, 0) is 23.8 Å². The van der Waals surface area contributed by atoms with Gasteiger partial charge in [-0.1, -0.05) is 36.4 Å². The molecule has 0 aliphatic heterocycles. The molecule has 0 saturated heterocycles. The number of benzene rings is 2. The summed E-state index contributed by atoms with van der Waals surface area (Å²) < 4.78 is 26.9. The van der Waals surface area contributed by atoms with Crippen molar-refractivity contribution >= 4 is 33.2 Å². The van der Waals surface area contributed by atoms with Crippen LogP contribution in [0.15, 0.2) is 54.6 Å².